The minimum Gasteiger partial charge on any atom is -0.493 e. The third-order valence-corrected chi connectivity index (χ3v) is 5.45. The minimum absolute atomic E-state index is 0.0794. The number of hydrogen-bond donors (Lipinski definition) is 0. The summed E-state index contributed by atoms with van der Waals surface area (Å²) < 4.78 is 50.6. The van der Waals surface area contributed by atoms with Crippen molar-refractivity contribution in [2.75, 3.05) is 21.3 Å². The first-order chi connectivity index (χ1) is 11.3. The molecule has 2 rings (SSSR count). The van der Waals surface area contributed by atoms with E-state index in [9.17, 15) is 12.8 Å². The van der Waals surface area contributed by atoms with Crippen molar-refractivity contribution in [2.45, 2.75) is 18.4 Å². The van der Waals surface area contributed by atoms with E-state index in [1.54, 1.807) is 25.1 Å². The van der Waals surface area contributed by atoms with Crippen LogP contribution in [0, 0.1) is 12.7 Å². The Morgan fingerprint density at radius 1 is 1.04 bits per heavy atom. The number of hydrogen-bond acceptors (Lipinski definition) is 4. The van der Waals surface area contributed by atoms with Crippen molar-refractivity contribution in [2.24, 2.45) is 0 Å². The van der Waals surface area contributed by atoms with Crippen LogP contribution in [0.2, 0.25) is 0 Å². The van der Waals surface area contributed by atoms with Crippen LogP contribution in [0.15, 0.2) is 41.3 Å². The second-order valence-corrected chi connectivity index (χ2v) is 7.40. The SMILES string of the molecule is COc1ccc(CN(C)S(=O)(=O)c2cc(C)ccc2F)cc1OC. The van der Waals surface area contributed by atoms with Crippen LogP contribution < -0.4 is 9.47 Å². The molecule has 0 aliphatic rings. The Bertz CT molecular complexity index is 836. The predicted octanol–water partition coefficient (Wildman–Crippen LogP) is 2.97. The number of rotatable bonds is 6. The van der Waals surface area contributed by atoms with Gasteiger partial charge in [-0.15, -0.1) is 0 Å². The molecule has 0 N–H and O–H groups in total. The zero-order valence-corrected chi connectivity index (χ0v) is 14.9. The smallest absolute Gasteiger partial charge is 0.246 e. The van der Waals surface area contributed by atoms with Gasteiger partial charge in [0.1, 0.15) is 10.7 Å². The maximum Gasteiger partial charge on any atom is 0.246 e. The summed E-state index contributed by atoms with van der Waals surface area (Å²) in [6.07, 6.45) is 0. The lowest BCUT2D eigenvalue weighted by molar-refractivity contribution is 0.354. The van der Waals surface area contributed by atoms with Crippen molar-refractivity contribution in [3.05, 3.63) is 53.3 Å². The topological polar surface area (TPSA) is 55.8 Å². The van der Waals surface area contributed by atoms with Gasteiger partial charge in [0.2, 0.25) is 10.0 Å². The molecule has 2 aromatic carbocycles. The molecule has 24 heavy (non-hydrogen) atoms. The third-order valence-electron chi connectivity index (χ3n) is 3.63. The molecule has 0 spiro atoms. The fourth-order valence-corrected chi connectivity index (χ4v) is 3.60. The summed E-state index contributed by atoms with van der Waals surface area (Å²) in [6.45, 7) is 1.79. The van der Waals surface area contributed by atoms with Gasteiger partial charge in [0.15, 0.2) is 11.5 Å². The highest BCUT2D eigenvalue weighted by Gasteiger charge is 2.25. The summed E-state index contributed by atoms with van der Waals surface area (Å²) in [5, 5.41) is 0. The second-order valence-electron chi connectivity index (χ2n) is 5.38. The summed E-state index contributed by atoms with van der Waals surface area (Å²) in [7, 11) is 0.498. The molecular weight excluding hydrogens is 333 g/mol. The quantitative estimate of drug-likeness (QED) is 0.801. The van der Waals surface area contributed by atoms with Crippen molar-refractivity contribution >= 4 is 10.0 Å². The Morgan fingerprint density at radius 2 is 1.71 bits per heavy atom. The Kier molecular flexibility index (Phi) is 5.46. The van der Waals surface area contributed by atoms with E-state index < -0.39 is 15.8 Å². The van der Waals surface area contributed by atoms with Crippen molar-refractivity contribution in [3.63, 3.8) is 0 Å². The fourth-order valence-electron chi connectivity index (χ4n) is 2.30. The van der Waals surface area contributed by atoms with Crippen LogP contribution in [-0.2, 0) is 16.6 Å². The molecule has 0 aromatic heterocycles. The maximum atomic E-state index is 13.9. The first kappa shape index (κ1) is 18.2. The number of ether oxygens (including phenoxy) is 2. The Labute approximate surface area is 141 Å². The van der Waals surface area contributed by atoms with Crippen LogP contribution in [-0.4, -0.2) is 34.0 Å². The molecule has 0 fully saturated rings. The highest BCUT2D eigenvalue weighted by Crippen LogP contribution is 2.29. The molecule has 5 nitrogen and oxygen atoms in total. The average molecular weight is 353 g/mol. The van der Waals surface area contributed by atoms with Crippen molar-refractivity contribution < 1.29 is 22.3 Å². The monoisotopic (exact) mass is 353 g/mol. The van der Waals surface area contributed by atoms with Crippen LogP contribution in [0.1, 0.15) is 11.1 Å². The molecule has 0 amide bonds. The van der Waals surface area contributed by atoms with Crippen LogP contribution in [0.4, 0.5) is 4.39 Å². The molecule has 0 saturated carbocycles. The maximum absolute atomic E-state index is 13.9. The van der Waals surface area contributed by atoms with Gasteiger partial charge in [-0.3, -0.25) is 0 Å². The van der Waals surface area contributed by atoms with E-state index in [0.717, 1.165) is 10.4 Å². The molecule has 0 atom stereocenters. The highest BCUT2D eigenvalue weighted by molar-refractivity contribution is 7.89. The van der Waals surface area contributed by atoms with Gasteiger partial charge in [0.25, 0.3) is 0 Å². The highest BCUT2D eigenvalue weighted by atomic mass is 32.2. The Morgan fingerprint density at radius 3 is 2.33 bits per heavy atom. The third kappa shape index (κ3) is 3.68. The van der Waals surface area contributed by atoms with Crippen LogP contribution in [0.25, 0.3) is 0 Å². The molecular formula is C17H20FNO4S. The number of benzene rings is 2. The van der Waals surface area contributed by atoms with E-state index in [1.807, 2.05) is 0 Å². The summed E-state index contributed by atoms with van der Waals surface area (Å²) in [4.78, 5) is -0.328. The fraction of sp³-hybridized carbons (Fsp3) is 0.294. The summed E-state index contributed by atoms with van der Waals surface area (Å²) in [5.41, 5.74) is 1.38. The van der Waals surface area contributed by atoms with E-state index in [1.165, 1.54) is 33.4 Å². The van der Waals surface area contributed by atoms with Crippen LogP contribution in [0.5, 0.6) is 11.5 Å². The molecule has 2 aromatic rings. The van der Waals surface area contributed by atoms with Crippen molar-refractivity contribution in [1.82, 2.24) is 4.31 Å². The van der Waals surface area contributed by atoms with Crippen LogP contribution >= 0.6 is 0 Å². The molecule has 0 saturated heterocycles. The number of nitrogens with zero attached hydrogens (tertiary/aromatic N) is 1. The first-order valence-corrected chi connectivity index (χ1v) is 8.67. The van der Waals surface area contributed by atoms with E-state index >= 15 is 0 Å². The van der Waals surface area contributed by atoms with Gasteiger partial charge in [0, 0.05) is 13.6 Å². The summed E-state index contributed by atoms with van der Waals surface area (Å²) >= 11 is 0. The lowest BCUT2D eigenvalue weighted by atomic mass is 10.2. The van der Waals surface area contributed by atoms with Gasteiger partial charge in [-0.1, -0.05) is 12.1 Å². The molecule has 0 bridgehead atoms. The first-order valence-electron chi connectivity index (χ1n) is 7.23. The zero-order chi connectivity index (χ0) is 17.9. The number of methoxy groups -OCH3 is 2. The second kappa shape index (κ2) is 7.19. The summed E-state index contributed by atoms with van der Waals surface area (Å²) in [5.74, 6) is 0.291. The number of aryl methyl sites for hydroxylation is 1. The zero-order valence-electron chi connectivity index (χ0n) is 14.0. The number of sulfonamides is 1. The van der Waals surface area contributed by atoms with E-state index in [4.69, 9.17) is 9.47 Å². The largest absolute Gasteiger partial charge is 0.493 e. The number of halogens is 1. The van der Waals surface area contributed by atoms with Gasteiger partial charge in [-0.2, -0.15) is 4.31 Å². The Balaban J connectivity index is 2.31. The average Bonchev–Trinajstić information content (AvgIpc) is 2.56. The van der Waals surface area contributed by atoms with Crippen molar-refractivity contribution in [1.29, 1.82) is 0 Å². The van der Waals surface area contributed by atoms with E-state index in [0.29, 0.717) is 22.6 Å². The van der Waals surface area contributed by atoms with Gasteiger partial charge >= 0.3 is 0 Å². The van der Waals surface area contributed by atoms with E-state index in [2.05, 4.69) is 0 Å². The molecule has 0 aliphatic carbocycles. The predicted molar refractivity (Wildman–Crippen MR) is 89.3 cm³/mol. The Hall–Kier alpha value is -2.12. The van der Waals surface area contributed by atoms with E-state index in [-0.39, 0.29) is 11.4 Å². The van der Waals surface area contributed by atoms with Crippen LogP contribution in [0.3, 0.4) is 0 Å². The normalized spacial score (nSPS) is 11.6. The van der Waals surface area contributed by atoms with Gasteiger partial charge in [-0.05, 0) is 42.3 Å². The lowest BCUT2D eigenvalue weighted by Gasteiger charge is -2.19. The molecule has 130 valence electrons. The lowest BCUT2D eigenvalue weighted by Crippen LogP contribution is -2.27. The molecule has 0 unspecified atom stereocenters. The molecule has 7 heteroatoms. The van der Waals surface area contributed by atoms with Gasteiger partial charge in [-0.25, -0.2) is 12.8 Å². The minimum atomic E-state index is -3.94. The molecule has 0 radical (unpaired) electrons. The molecule has 0 heterocycles. The van der Waals surface area contributed by atoms with Gasteiger partial charge < -0.3 is 9.47 Å². The summed E-state index contributed by atoms with van der Waals surface area (Å²) in [6, 6.07) is 9.14. The van der Waals surface area contributed by atoms with Crippen molar-refractivity contribution in [3.8, 4) is 11.5 Å². The standard InChI is InChI=1S/C17H20FNO4S/c1-12-5-7-14(18)17(9-12)24(20,21)19(2)11-13-6-8-15(22-3)16(10-13)23-4/h5-10H,11H2,1-4H3. The molecule has 0 aliphatic heterocycles. The van der Waals surface area contributed by atoms with Gasteiger partial charge in [0.05, 0.1) is 14.2 Å².